The Labute approximate surface area is 253 Å². The average molecular weight is 649 g/mol. The first-order valence-corrected chi connectivity index (χ1v) is 15.9. The number of rotatable bonds is 9. The number of carbonyl (C=O) groups excluding carboxylic acids is 3. The van der Waals surface area contributed by atoms with Crippen LogP contribution in [0.1, 0.15) is 50.5 Å². The zero-order chi connectivity index (χ0) is 30.2. The van der Waals surface area contributed by atoms with E-state index in [1.165, 1.54) is 38.4 Å². The third kappa shape index (κ3) is 5.26. The molecule has 0 spiro atoms. The van der Waals surface area contributed by atoms with Crippen LogP contribution in [0.15, 0.2) is 88.2 Å². The number of carbonyl (C=O) groups is 3. The molecule has 5 rings (SSSR count). The fourth-order valence-electron chi connectivity index (χ4n) is 5.30. The monoisotopic (exact) mass is 647 g/mol. The van der Waals surface area contributed by atoms with Crippen LogP contribution < -0.4 is 4.90 Å². The Hall–Kier alpha value is -3.86. The molecule has 10 heteroatoms. The highest BCUT2D eigenvalue weighted by atomic mass is 79.9. The minimum atomic E-state index is -3.68. The van der Waals surface area contributed by atoms with Crippen molar-refractivity contribution in [2.45, 2.75) is 25.7 Å². The van der Waals surface area contributed by atoms with Gasteiger partial charge in [-0.1, -0.05) is 54.0 Å². The van der Waals surface area contributed by atoms with Gasteiger partial charge in [-0.2, -0.15) is 4.31 Å². The van der Waals surface area contributed by atoms with Gasteiger partial charge in [0.15, 0.2) is 0 Å². The summed E-state index contributed by atoms with van der Waals surface area (Å²) in [5.74, 6) is -1.21. The fraction of sp³-hybridized carbons (Fsp3) is 0.219. The van der Waals surface area contributed by atoms with Gasteiger partial charge in [0.25, 0.3) is 17.7 Å². The lowest BCUT2D eigenvalue weighted by molar-refractivity contribution is 0.0611. The molecule has 0 atom stereocenters. The molecule has 4 aromatic rings. The predicted octanol–water partition coefficient (Wildman–Crippen LogP) is 5.88. The number of amides is 3. The van der Waals surface area contributed by atoms with Gasteiger partial charge in [0, 0.05) is 58.4 Å². The molecule has 0 aliphatic carbocycles. The molecule has 4 aromatic carbocycles. The summed E-state index contributed by atoms with van der Waals surface area (Å²) in [7, 11) is -3.68. The molecule has 216 valence electrons. The summed E-state index contributed by atoms with van der Waals surface area (Å²) in [6, 6.07) is 22.1. The van der Waals surface area contributed by atoms with Crippen molar-refractivity contribution in [3.63, 3.8) is 0 Å². The van der Waals surface area contributed by atoms with Gasteiger partial charge in [-0.25, -0.2) is 8.42 Å². The Morgan fingerprint density at radius 2 is 1.50 bits per heavy atom. The zero-order valence-electron chi connectivity index (χ0n) is 23.5. The van der Waals surface area contributed by atoms with Crippen LogP contribution in [-0.4, -0.2) is 61.5 Å². The molecule has 0 saturated carbocycles. The minimum absolute atomic E-state index is 0.0301. The molecular formula is C32H30BrN3O5S. The quantitative estimate of drug-likeness (QED) is 0.211. The number of halogens is 1. The fourth-order valence-corrected chi connectivity index (χ4v) is 7.22. The molecule has 0 bridgehead atoms. The number of sulfonamides is 1. The smallest absolute Gasteiger partial charge is 0.261 e. The van der Waals surface area contributed by atoms with Crippen molar-refractivity contribution >= 4 is 60.1 Å². The average Bonchev–Trinajstić information content (AvgIpc) is 2.98. The summed E-state index contributed by atoms with van der Waals surface area (Å²) in [5.41, 5.74) is 2.68. The molecule has 0 N–H and O–H groups in total. The van der Waals surface area contributed by atoms with Crippen LogP contribution in [0.25, 0.3) is 10.8 Å². The molecule has 1 aliphatic heterocycles. The van der Waals surface area contributed by atoms with Gasteiger partial charge >= 0.3 is 0 Å². The number of aryl methyl sites for hydroxylation is 1. The van der Waals surface area contributed by atoms with E-state index in [4.69, 9.17) is 0 Å². The lowest BCUT2D eigenvalue weighted by atomic mass is 9.94. The number of imide groups is 1. The lowest BCUT2D eigenvalue weighted by Gasteiger charge is -2.30. The molecule has 0 unspecified atom stereocenters. The largest absolute Gasteiger partial charge is 0.307 e. The van der Waals surface area contributed by atoms with Gasteiger partial charge in [-0.05, 0) is 72.5 Å². The van der Waals surface area contributed by atoms with E-state index in [9.17, 15) is 22.8 Å². The van der Waals surface area contributed by atoms with Crippen LogP contribution in [0.5, 0.6) is 0 Å². The number of hydrogen-bond acceptors (Lipinski definition) is 5. The summed E-state index contributed by atoms with van der Waals surface area (Å²) >= 11 is 3.51. The van der Waals surface area contributed by atoms with E-state index in [1.54, 1.807) is 44.2 Å². The van der Waals surface area contributed by atoms with E-state index >= 15 is 0 Å². The van der Waals surface area contributed by atoms with Crippen LogP contribution in [0.2, 0.25) is 0 Å². The normalized spacial score (nSPS) is 13.2. The standard InChI is InChI=1S/C32H30BrN3O5S/c1-4-34(5-2)42(40,41)24-14-12-22(13-15-24)30(37)35(23-9-6-8-21(3)20-23)18-19-36-31(38)26-11-7-10-25-28(33)17-16-27(29(25)26)32(36)39/h6-17,20H,4-5,18-19H2,1-3H3. The maximum atomic E-state index is 13.9. The van der Waals surface area contributed by atoms with Crippen molar-refractivity contribution in [1.82, 2.24) is 9.21 Å². The van der Waals surface area contributed by atoms with Crippen molar-refractivity contribution < 1.29 is 22.8 Å². The summed E-state index contributed by atoms with van der Waals surface area (Å²) in [6.45, 7) is 6.14. The third-order valence-corrected chi connectivity index (χ3v) is 10.2. The number of nitrogens with zero attached hydrogens (tertiary/aromatic N) is 3. The molecule has 1 heterocycles. The minimum Gasteiger partial charge on any atom is -0.307 e. The number of hydrogen-bond donors (Lipinski definition) is 0. The van der Waals surface area contributed by atoms with Gasteiger partial charge in [0.2, 0.25) is 10.0 Å². The SMILES string of the molecule is CCN(CC)S(=O)(=O)c1ccc(C(=O)N(CCN2C(=O)c3cccc4c(Br)ccc(c34)C2=O)c2cccc(C)c2)cc1. The van der Waals surface area contributed by atoms with E-state index in [1.807, 2.05) is 31.2 Å². The van der Waals surface area contributed by atoms with Gasteiger partial charge in [0.1, 0.15) is 0 Å². The maximum Gasteiger partial charge on any atom is 0.261 e. The summed E-state index contributed by atoms with van der Waals surface area (Å²) in [5, 5.41) is 1.40. The Kier molecular flexibility index (Phi) is 8.32. The van der Waals surface area contributed by atoms with Crippen molar-refractivity contribution in [3.05, 3.63) is 106 Å². The van der Waals surface area contributed by atoms with Gasteiger partial charge in [-0.3, -0.25) is 19.3 Å². The van der Waals surface area contributed by atoms with Crippen molar-refractivity contribution in [3.8, 4) is 0 Å². The van der Waals surface area contributed by atoms with Crippen molar-refractivity contribution in [1.29, 1.82) is 0 Å². The first-order chi connectivity index (χ1) is 20.1. The highest BCUT2D eigenvalue weighted by Gasteiger charge is 2.34. The van der Waals surface area contributed by atoms with Crippen LogP contribution in [0.4, 0.5) is 5.69 Å². The van der Waals surface area contributed by atoms with Gasteiger partial charge in [-0.15, -0.1) is 0 Å². The second-order valence-corrected chi connectivity index (χ2v) is 12.8. The second kappa shape index (κ2) is 11.8. The molecule has 3 amide bonds. The summed E-state index contributed by atoms with van der Waals surface area (Å²) in [6.07, 6.45) is 0. The van der Waals surface area contributed by atoms with E-state index < -0.39 is 21.8 Å². The van der Waals surface area contributed by atoms with Gasteiger partial charge in [0.05, 0.1) is 4.90 Å². The molecule has 42 heavy (non-hydrogen) atoms. The predicted molar refractivity (Wildman–Crippen MR) is 166 cm³/mol. The van der Waals surface area contributed by atoms with Crippen LogP contribution in [0, 0.1) is 6.92 Å². The topological polar surface area (TPSA) is 95.1 Å². The van der Waals surface area contributed by atoms with Crippen molar-refractivity contribution in [2.75, 3.05) is 31.1 Å². The van der Waals surface area contributed by atoms with E-state index in [0.717, 1.165) is 15.4 Å². The third-order valence-electron chi connectivity index (χ3n) is 7.49. The first kappa shape index (κ1) is 29.6. The van der Waals surface area contributed by atoms with Crippen LogP contribution >= 0.6 is 15.9 Å². The molecule has 0 radical (unpaired) electrons. The Bertz CT molecular complexity index is 1800. The molecule has 0 saturated heterocycles. The summed E-state index contributed by atoms with van der Waals surface area (Å²) < 4.78 is 28.0. The number of benzene rings is 4. The van der Waals surface area contributed by atoms with E-state index in [0.29, 0.717) is 35.3 Å². The van der Waals surface area contributed by atoms with E-state index in [-0.39, 0.29) is 29.5 Å². The highest BCUT2D eigenvalue weighted by molar-refractivity contribution is 9.10. The summed E-state index contributed by atoms with van der Waals surface area (Å²) in [4.78, 5) is 43.7. The zero-order valence-corrected chi connectivity index (χ0v) is 25.9. The Balaban J connectivity index is 1.45. The Morgan fingerprint density at radius 3 is 2.14 bits per heavy atom. The van der Waals surface area contributed by atoms with Crippen LogP contribution in [0.3, 0.4) is 0 Å². The molecule has 0 fully saturated rings. The molecule has 8 nitrogen and oxygen atoms in total. The van der Waals surface area contributed by atoms with Crippen molar-refractivity contribution in [2.24, 2.45) is 0 Å². The van der Waals surface area contributed by atoms with Gasteiger partial charge < -0.3 is 4.90 Å². The molecular weight excluding hydrogens is 618 g/mol. The van der Waals surface area contributed by atoms with E-state index in [2.05, 4.69) is 15.9 Å². The molecule has 1 aliphatic rings. The Morgan fingerprint density at radius 1 is 0.857 bits per heavy atom. The lowest BCUT2D eigenvalue weighted by Crippen LogP contribution is -2.46. The second-order valence-electron chi connectivity index (χ2n) is 9.99. The molecule has 0 aromatic heterocycles. The highest BCUT2D eigenvalue weighted by Crippen LogP contribution is 2.34. The number of anilines is 1. The van der Waals surface area contributed by atoms with Crippen LogP contribution in [-0.2, 0) is 10.0 Å². The first-order valence-electron chi connectivity index (χ1n) is 13.6. The maximum absolute atomic E-state index is 13.9.